The molecule has 1 aliphatic rings. The summed E-state index contributed by atoms with van der Waals surface area (Å²) in [5.74, 6) is 0.874. The molecule has 138 valence electrons. The van der Waals surface area contributed by atoms with Gasteiger partial charge in [0.25, 0.3) is 0 Å². The molecule has 1 N–H and O–H groups in total. The molecule has 0 bridgehead atoms. The van der Waals surface area contributed by atoms with Crippen LogP contribution >= 0.6 is 11.6 Å². The lowest BCUT2D eigenvalue weighted by Crippen LogP contribution is -2.36. The van der Waals surface area contributed by atoms with Crippen molar-refractivity contribution >= 4 is 28.8 Å². The summed E-state index contributed by atoms with van der Waals surface area (Å²) in [4.78, 5) is 20.6. The van der Waals surface area contributed by atoms with Crippen molar-refractivity contribution in [1.29, 1.82) is 0 Å². The molecule has 0 saturated heterocycles. The van der Waals surface area contributed by atoms with Crippen molar-refractivity contribution in [1.82, 2.24) is 19.7 Å². The summed E-state index contributed by atoms with van der Waals surface area (Å²) in [5.41, 5.74) is 2.91. The fraction of sp³-hybridized carbons (Fsp3) is 0.250. The molecule has 1 unspecified atom stereocenters. The van der Waals surface area contributed by atoms with Crippen LogP contribution in [0.2, 0.25) is 5.15 Å². The Morgan fingerprint density at radius 2 is 2.15 bits per heavy atom. The maximum absolute atomic E-state index is 12.0. The number of aromatic nitrogens is 3. The van der Waals surface area contributed by atoms with E-state index in [0.29, 0.717) is 5.15 Å². The Morgan fingerprint density at radius 3 is 2.93 bits per heavy atom. The van der Waals surface area contributed by atoms with E-state index in [4.69, 9.17) is 16.3 Å². The third-order valence-corrected chi connectivity index (χ3v) is 4.94. The second-order valence-electron chi connectivity index (χ2n) is 6.46. The number of amides is 1. The Balaban J connectivity index is 1.35. The van der Waals surface area contributed by atoms with E-state index in [1.54, 1.807) is 12.4 Å². The van der Waals surface area contributed by atoms with E-state index >= 15 is 0 Å². The van der Waals surface area contributed by atoms with Crippen LogP contribution in [-0.4, -0.2) is 26.5 Å². The molecule has 0 spiro atoms. The summed E-state index contributed by atoms with van der Waals surface area (Å²) in [5, 5.41) is 3.38. The largest absolute Gasteiger partial charge is 0.445 e. The number of rotatable bonds is 4. The van der Waals surface area contributed by atoms with E-state index in [9.17, 15) is 4.79 Å². The molecule has 1 amide bonds. The number of nitrogens with zero attached hydrogens (tertiary/aromatic N) is 3. The van der Waals surface area contributed by atoms with E-state index < -0.39 is 0 Å². The molecule has 3 aromatic rings. The van der Waals surface area contributed by atoms with Crippen LogP contribution in [0.4, 0.5) is 4.79 Å². The number of hydrogen-bond acceptors (Lipinski definition) is 4. The van der Waals surface area contributed by atoms with Crippen molar-refractivity contribution in [3.63, 3.8) is 0 Å². The minimum Gasteiger partial charge on any atom is -0.445 e. The second kappa shape index (κ2) is 7.80. The predicted octanol–water partition coefficient (Wildman–Crippen LogP) is 4.25. The van der Waals surface area contributed by atoms with E-state index in [1.165, 1.54) is 0 Å². The Labute approximate surface area is 161 Å². The summed E-state index contributed by atoms with van der Waals surface area (Å²) in [7, 11) is 0. The molecule has 0 aliphatic heterocycles. The van der Waals surface area contributed by atoms with Crippen LogP contribution in [0.1, 0.15) is 30.7 Å². The monoisotopic (exact) mass is 382 g/mol. The number of ether oxygens (including phenoxy) is 1. The van der Waals surface area contributed by atoms with Gasteiger partial charge >= 0.3 is 6.09 Å². The molecule has 0 fully saturated rings. The van der Waals surface area contributed by atoms with Gasteiger partial charge in [-0.1, -0.05) is 48.0 Å². The summed E-state index contributed by atoms with van der Waals surface area (Å²) < 4.78 is 7.24. The zero-order valence-electron chi connectivity index (χ0n) is 14.6. The number of allylic oxidation sites excluding steroid dienone is 1. The van der Waals surface area contributed by atoms with Gasteiger partial charge in [0.2, 0.25) is 0 Å². The van der Waals surface area contributed by atoms with Crippen molar-refractivity contribution in [2.24, 2.45) is 0 Å². The minimum absolute atomic E-state index is 0.0634. The summed E-state index contributed by atoms with van der Waals surface area (Å²) in [6, 6.07) is 9.70. The number of carbonyl (C=O) groups excluding carboxylic acids is 1. The van der Waals surface area contributed by atoms with Gasteiger partial charge in [-0.05, 0) is 30.4 Å². The van der Waals surface area contributed by atoms with Gasteiger partial charge in [0.15, 0.2) is 5.15 Å². The molecule has 1 atom stereocenters. The van der Waals surface area contributed by atoms with Crippen molar-refractivity contribution in [2.45, 2.75) is 31.9 Å². The molecule has 27 heavy (non-hydrogen) atoms. The minimum atomic E-state index is -0.384. The maximum atomic E-state index is 12.0. The smallest absolute Gasteiger partial charge is 0.407 e. The fourth-order valence-electron chi connectivity index (χ4n) is 3.23. The lowest BCUT2D eigenvalue weighted by Gasteiger charge is -2.22. The highest BCUT2D eigenvalue weighted by atomic mass is 35.5. The van der Waals surface area contributed by atoms with Crippen LogP contribution in [0.15, 0.2) is 55.0 Å². The first-order valence-corrected chi connectivity index (χ1v) is 9.22. The fourth-order valence-corrected chi connectivity index (χ4v) is 3.43. The van der Waals surface area contributed by atoms with E-state index in [1.807, 2.05) is 40.9 Å². The first-order valence-electron chi connectivity index (χ1n) is 8.85. The van der Waals surface area contributed by atoms with Gasteiger partial charge in [-0.2, -0.15) is 0 Å². The SMILES string of the molecule is O=C(NC1CC=C(c2ncc3c(Cl)nccn23)CC1)OCc1ccccc1. The molecule has 1 aromatic carbocycles. The summed E-state index contributed by atoms with van der Waals surface area (Å²) in [6.45, 7) is 0.273. The third-order valence-electron chi connectivity index (χ3n) is 4.64. The molecular weight excluding hydrogens is 364 g/mol. The highest BCUT2D eigenvalue weighted by Crippen LogP contribution is 2.28. The average molecular weight is 383 g/mol. The van der Waals surface area contributed by atoms with Crippen LogP contribution in [0.5, 0.6) is 0 Å². The number of benzene rings is 1. The first-order chi connectivity index (χ1) is 13.2. The van der Waals surface area contributed by atoms with Gasteiger partial charge in [0, 0.05) is 18.4 Å². The number of carbonyl (C=O) groups is 1. The van der Waals surface area contributed by atoms with Gasteiger partial charge in [-0.15, -0.1) is 0 Å². The van der Waals surface area contributed by atoms with Crippen molar-refractivity contribution in [2.75, 3.05) is 0 Å². The Morgan fingerprint density at radius 1 is 1.30 bits per heavy atom. The summed E-state index contributed by atoms with van der Waals surface area (Å²) >= 11 is 6.11. The van der Waals surface area contributed by atoms with Crippen molar-refractivity contribution < 1.29 is 9.53 Å². The molecular formula is C20H19ClN4O2. The number of alkyl carbamates (subject to hydrolysis) is 1. The molecule has 2 heterocycles. The lowest BCUT2D eigenvalue weighted by atomic mass is 9.95. The van der Waals surface area contributed by atoms with E-state index in [-0.39, 0.29) is 18.7 Å². The van der Waals surface area contributed by atoms with Crippen LogP contribution in [-0.2, 0) is 11.3 Å². The first kappa shape index (κ1) is 17.5. The molecule has 2 aromatic heterocycles. The second-order valence-corrected chi connectivity index (χ2v) is 6.82. The standard InChI is InChI=1S/C20H19ClN4O2/c21-18-17-12-23-19(25(17)11-10-22-18)15-6-8-16(9-7-15)24-20(26)27-13-14-4-2-1-3-5-14/h1-6,10-12,16H,7-9,13H2,(H,24,26). The number of nitrogens with one attached hydrogen (secondary N) is 1. The van der Waals surface area contributed by atoms with E-state index in [2.05, 4.69) is 21.4 Å². The molecule has 6 nitrogen and oxygen atoms in total. The molecule has 7 heteroatoms. The van der Waals surface area contributed by atoms with Crippen LogP contribution in [0.25, 0.3) is 11.1 Å². The highest BCUT2D eigenvalue weighted by Gasteiger charge is 2.20. The third kappa shape index (κ3) is 3.95. The van der Waals surface area contributed by atoms with Crippen LogP contribution < -0.4 is 5.32 Å². The number of hydrogen-bond donors (Lipinski definition) is 1. The molecule has 1 aliphatic carbocycles. The quantitative estimate of drug-likeness (QED) is 0.732. The van der Waals surface area contributed by atoms with E-state index in [0.717, 1.165) is 41.7 Å². The number of halogens is 1. The Hall–Kier alpha value is -2.86. The predicted molar refractivity (Wildman–Crippen MR) is 103 cm³/mol. The van der Waals surface area contributed by atoms with Gasteiger partial charge < -0.3 is 10.1 Å². The molecule has 0 saturated carbocycles. The number of imidazole rings is 1. The Bertz CT molecular complexity index is 984. The average Bonchev–Trinajstić information content (AvgIpc) is 3.13. The topological polar surface area (TPSA) is 68.5 Å². The van der Waals surface area contributed by atoms with Gasteiger partial charge in [-0.25, -0.2) is 14.8 Å². The molecule has 4 rings (SSSR count). The zero-order chi connectivity index (χ0) is 18.6. The lowest BCUT2D eigenvalue weighted by molar-refractivity contribution is 0.135. The zero-order valence-corrected chi connectivity index (χ0v) is 15.4. The van der Waals surface area contributed by atoms with Crippen molar-refractivity contribution in [3.05, 3.63) is 71.5 Å². The Kier molecular flexibility index (Phi) is 5.07. The van der Waals surface area contributed by atoms with Crippen molar-refractivity contribution in [3.8, 4) is 0 Å². The normalized spacial score (nSPS) is 16.8. The maximum Gasteiger partial charge on any atom is 0.407 e. The van der Waals surface area contributed by atoms with Gasteiger partial charge in [-0.3, -0.25) is 4.40 Å². The van der Waals surface area contributed by atoms with Gasteiger partial charge in [0.05, 0.1) is 6.20 Å². The number of fused-ring (bicyclic) bond motifs is 1. The van der Waals surface area contributed by atoms with Crippen LogP contribution in [0, 0.1) is 0 Å². The summed E-state index contributed by atoms with van der Waals surface area (Å²) in [6.07, 6.45) is 9.38. The van der Waals surface area contributed by atoms with Crippen LogP contribution in [0.3, 0.4) is 0 Å². The highest BCUT2D eigenvalue weighted by molar-refractivity contribution is 6.32. The molecule has 0 radical (unpaired) electrons. The van der Waals surface area contributed by atoms with Gasteiger partial charge in [0.1, 0.15) is 17.9 Å².